The van der Waals surface area contributed by atoms with Gasteiger partial charge >= 0.3 is 6.09 Å². The molecule has 4 nitrogen and oxygen atoms in total. The quantitative estimate of drug-likeness (QED) is 0.827. The van der Waals surface area contributed by atoms with Crippen molar-refractivity contribution in [3.05, 3.63) is 29.0 Å². The molecule has 1 spiro atoms. The van der Waals surface area contributed by atoms with Crippen molar-refractivity contribution in [2.24, 2.45) is 5.92 Å². The molecule has 2 bridgehead atoms. The molecule has 6 heterocycles. The number of anilines is 1. The summed E-state index contributed by atoms with van der Waals surface area (Å²) in [5.41, 5.74) is 0.704. The Balaban J connectivity index is 1.43. The first-order chi connectivity index (χ1) is 11.2. The zero-order chi connectivity index (χ0) is 15.4. The van der Waals surface area contributed by atoms with Gasteiger partial charge in [-0.05, 0) is 43.4 Å². The molecule has 1 amide bonds. The number of thiophene rings is 2. The molecular formula is C17H18N2O2S2. The highest BCUT2D eigenvalue weighted by atomic mass is 32.1. The van der Waals surface area contributed by atoms with Crippen LogP contribution in [0.4, 0.5) is 10.5 Å². The van der Waals surface area contributed by atoms with Crippen LogP contribution in [0.25, 0.3) is 9.75 Å². The molecule has 0 aliphatic carbocycles. The highest BCUT2D eigenvalue weighted by Crippen LogP contribution is 2.44. The van der Waals surface area contributed by atoms with Gasteiger partial charge in [-0.3, -0.25) is 9.80 Å². The lowest BCUT2D eigenvalue weighted by Gasteiger charge is -2.49. The summed E-state index contributed by atoms with van der Waals surface area (Å²) < 4.78 is 5.94. The SMILES string of the molecule is O=C1O[C@]2(CN3CCC2CC3)CN1c1csc(-c2cccs2)c1. The summed E-state index contributed by atoms with van der Waals surface area (Å²) in [7, 11) is 0. The van der Waals surface area contributed by atoms with E-state index in [2.05, 4.69) is 33.9 Å². The van der Waals surface area contributed by atoms with Crippen LogP contribution in [-0.4, -0.2) is 42.8 Å². The second kappa shape index (κ2) is 5.06. The van der Waals surface area contributed by atoms with Gasteiger partial charge < -0.3 is 4.74 Å². The highest BCUT2D eigenvalue weighted by Gasteiger charge is 2.55. The maximum absolute atomic E-state index is 12.5. The summed E-state index contributed by atoms with van der Waals surface area (Å²) >= 11 is 3.43. The third-order valence-corrected chi connectivity index (χ3v) is 7.40. The van der Waals surface area contributed by atoms with Crippen molar-refractivity contribution >= 4 is 34.5 Å². The minimum Gasteiger partial charge on any atom is -0.439 e. The summed E-state index contributed by atoms with van der Waals surface area (Å²) in [6, 6.07) is 6.31. The summed E-state index contributed by atoms with van der Waals surface area (Å²) in [5.74, 6) is 0.525. The first-order valence-corrected chi connectivity index (χ1v) is 9.85. The summed E-state index contributed by atoms with van der Waals surface area (Å²) in [5, 5.41) is 4.16. The number of rotatable bonds is 2. The Morgan fingerprint density at radius 2 is 2.04 bits per heavy atom. The predicted molar refractivity (Wildman–Crippen MR) is 93.4 cm³/mol. The first-order valence-electron chi connectivity index (χ1n) is 8.09. The zero-order valence-corrected chi connectivity index (χ0v) is 14.4. The standard InChI is InChI=1S/C17H18N2O2S2/c20-16-19(13-8-15(23-9-13)14-2-1-7-22-14)11-17(21-16)10-18-5-3-12(17)4-6-18/h1-2,7-9,12H,3-6,10-11H2/t17-/m1/s1. The second-order valence-electron chi connectivity index (χ2n) is 6.72. The number of hydrogen-bond acceptors (Lipinski definition) is 5. The molecule has 0 radical (unpaired) electrons. The summed E-state index contributed by atoms with van der Waals surface area (Å²) in [4.78, 5) is 19.3. The zero-order valence-electron chi connectivity index (χ0n) is 12.7. The number of carbonyl (C=O) groups is 1. The first kappa shape index (κ1) is 14.0. The van der Waals surface area contributed by atoms with E-state index in [4.69, 9.17) is 4.74 Å². The molecule has 6 rings (SSSR count). The van der Waals surface area contributed by atoms with Gasteiger partial charge in [0.1, 0.15) is 5.60 Å². The summed E-state index contributed by atoms with van der Waals surface area (Å²) in [6.07, 6.45) is 2.14. The van der Waals surface area contributed by atoms with Gasteiger partial charge in [0.05, 0.1) is 12.2 Å². The molecule has 6 heteroatoms. The van der Waals surface area contributed by atoms with E-state index in [0.717, 1.165) is 38.2 Å². The lowest BCUT2D eigenvalue weighted by atomic mass is 9.75. The van der Waals surface area contributed by atoms with Crippen LogP contribution in [0.15, 0.2) is 29.0 Å². The van der Waals surface area contributed by atoms with Crippen LogP contribution in [0.1, 0.15) is 12.8 Å². The van der Waals surface area contributed by atoms with E-state index < -0.39 is 0 Å². The van der Waals surface area contributed by atoms with Gasteiger partial charge in [0, 0.05) is 27.6 Å². The fourth-order valence-corrected chi connectivity index (χ4v) is 5.97. The van der Waals surface area contributed by atoms with Crippen LogP contribution in [0.5, 0.6) is 0 Å². The number of piperidine rings is 3. The Kier molecular flexibility index (Phi) is 3.08. The Morgan fingerprint density at radius 3 is 2.74 bits per heavy atom. The molecule has 4 aliphatic heterocycles. The van der Waals surface area contributed by atoms with Crippen LogP contribution < -0.4 is 4.90 Å². The normalized spacial score (nSPS) is 32.7. The molecule has 0 N–H and O–H groups in total. The maximum Gasteiger partial charge on any atom is 0.415 e. The molecule has 4 saturated heterocycles. The van der Waals surface area contributed by atoms with E-state index in [9.17, 15) is 4.79 Å². The van der Waals surface area contributed by atoms with E-state index in [-0.39, 0.29) is 11.7 Å². The molecule has 0 unspecified atom stereocenters. The Morgan fingerprint density at radius 1 is 1.17 bits per heavy atom. The fraction of sp³-hybridized carbons (Fsp3) is 0.471. The van der Waals surface area contributed by atoms with E-state index in [0.29, 0.717) is 12.5 Å². The lowest BCUT2D eigenvalue weighted by molar-refractivity contribution is -0.0881. The van der Waals surface area contributed by atoms with Gasteiger partial charge in [-0.15, -0.1) is 22.7 Å². The molecule has 4 aliphatic rings. The van der Waals surface area contributed by atoms with Gasteiger partial charge in [-0.2, -0.15) is 0 Å². The van der Waals surface area contributed by atoms with Gasteiger partial charge in [-0.1, -0.05) is 6.07 Å². The summed E-state index contributed by atoms with van der Waals surface area (Å²) in [6.45, 7) is 3.92. The predicted octanol–water partition coefficient (Wildman–Crippen LogP) is 3.90. The maximum atomic E-state index is 12.5. The average Bonchev–Trinajstić information content (AvgIpc) is 3.28. The van der Waals surface area contributed by atoms with Crippen molar-refractivity contribution < 1.29 is 9.53 Å². The second-order valence-corrected chi connectivity index (χ2v) is 8.57. The molecular weight excluding hydrogens is 328 g/mol. The van der Waals surface area contributed by atoms with Crippen molar-refractivity contribution in [2.75, 3.05) is 31.1 Å². The number of ether oxygens (including phenoxy) is 1. The van der Waals surface area contributed by atoms with Crippen LogP contribution in [0.2, 0.25) is 0 Å². The minimum absolute atomic E-state index is 0.172. The van der Waals surface area contributed by atoms with Crippen LogP contribution >= 0.6 is 22.7 Å². The molecule has 2 aromatic rings. The average molecular weight is 346 g/mol. The third kappa shape index (κ3) is 2.16. The van der Waals surface area contributed by atoms with Crippen molar-refractivity contribution in [1.82, 2.24) is 4.90 Å². The molecule has 0 saturated carbocycles. The van der Waals surface area contributed by atoms with Gasteiger partial charge in [0.2, 0.25) is 0 Å². The van der Waals surface area contributed by atoms with E-state index >= 15 is 0 Å². The van der Waals surface area contributed by atoms with Crippen molar-refractivity contribution in [3.8, 4) is 9.75 Å². The van der Waals surface area contributed by atoms with Crippen molar-refractivity contribution in [3.63, 3.8) is 0 Å². The third-order valence-electron chi connectivity index (χ3n) is 5.42. The minimum atomic E-state index is -0.279. The topological polar surface area (TPSA) is 32.8 Å². The Hall–Kier alpha value is -1.37. The number of hydrogen-bond donors (Lipinski definition) is 0. The number of carbonyl (C=O) groups excluding carboxylic acids is 1. The number of fused-ring (bicyclic) bond motifs is 2. The van der Waals surface area contributed by atoms with Gasteiger partial charge in [0.25, 0.3) is 0 Å². The molecule has 0 aromatic carbocycles. The molecule has 1 atom stereocenters. The van der Waals surface area contributed by atoms with Crippen molar-refractivity contribution in [2.45, 2.75) is 18.4 Å². The molecule has 120 valence electrons. The number of amides is 1. The van der Waals surface area contributed by atoms with Crippen LogP contribution in [-0.2, 0) is 4.74 Å². The van der Waals surface area contributed by atoms with E-state index in [1.54, 1.807) is 22.7 Å². The largest absolute Gasteiger partial charge is 0.439 e. The van der Waals surface area contributed by atoms with Crippen LogP contribution in [0.3, 0.4) is 0 Å². The van der Waals surface area contributed by atoms with Gasteiger partial charge in [-0.25, -0.2) is 4.79 Å². The monoisotopic (exact) mass is 346 g/mol. The molecule has 23 heavy (non-hydrogen) atoms. The van der Waals surface area contributed by atoms with Crippen molar-refractivity contribution in [1.29, 1.82) is 0 Å². The fourth-order valence-electron chi connectivity index (χ4n) is 4.23. The Bertz CT molecular complexity index is 734. The number of nitrogens with zero attached hydrogens (tertiary/aromatic N) is 2. The molecule has 4 fully saturated rings. The van der Waals surface area contributed by atoms with Crippen LogP contribution in [0, 0.1) is 5.92 Å². The highest BCUT2D eigenvalue weighted by molar-refractivity contribution is 7.20. The molecule has 2 aromatic heterocycles. The van der Waals surface area contributed by atoms with E-state index in [1.807, 2.05) is 4.90 Å². The lowest BCUT2D eigenvalue weighted by Crippen LogP contribution is -2.61. The van der Waals surface area contributed by atoms with Gasteiger partial charge in [0.15, 0.2) is 0 Å². The smallest absolute Gasteiger partial charge is 0.415 e. The Labute approximate surface area is 143 Å². The van der Waals surface area contributed by atoms with E-state index in [1.165, 1.54) is 9.75 Å².